The fourth-order valence-corrected chi connectivity index (χ4v) is 5.51. The van der Waals surface area contributed by atoms with Crippen LogP contribution in [0.15, 0.2) is 121 Å². The highest BCUT2D eigenvalue weighted by molar-refractivity contribution is 7.77. The Hall–Kier alpha value is -3.35. The van der Waals surface area contributed by atoms with E-state index in [-0.39, 0.29) is 0 Å². The molecule has 142 valence electrons. The van der Waals surface area contributed by atoms with Crippen molar-refractivity contribution in [2.75, 3.05) is 0 Å². The second kappa shape index (κ2) is 8.77. The minimum atomic E-state index is -3.10. The Labute approximate surface area is 172 Å². The van der Waals surface area contributed by atoms with Crippen LogP contribution < -0.4 is 15.7 Å². The van der Waals surface area contributed by atoms with E-state index in [2.05, 4.69) is 5.09 Å². The van der Waals surface area contributed by atoms with Gasteiger partial charge in [-0.3, -0.25) is 4.57 Å². The predicted molar refractivity (Wildman–Crippen MR) is 124 cm³/mol. The van der Waals surface area contributed by atoms with E-state index >= 15 is 0 Å². The quantitative estimate of drug-likeness (QED) is 0.335. The molecule has 0 aliphatic rings. The maximum atomic E-state index is 14.4. The van der Waals surface area contributed by atoms with Gasteiger partial charge in [-0.05, 0) is 41.5 Å². The molecular weight excluding hydrogens is 373 g/mol. The van der Waals surface area contributed by atoms with Crippen LogP contribution in [-0.2, 0) is 4.57 Å². The van der Waals surface area contributed by atoms with Gasteiger partial charge in [-0.1, -0.05) is 97.1 Å². The number of hydrogen-bond acceptors (Lipinski definition) is 1. The van der Waals surface area contributed by atoms with Gasteiger partial charge >= 0.3 is 0 Å². The normalized spacial score (nSPS) is 11.8. The summed E-state index contributed by atoms with van der Waals surface area (Å²) in [6, 6.07) is 39.4. The first-order chi connectivity index (χ1) is 14.3. The summed E-state index contributed by atoms with van der Waals surface area (Å²) in [6.07, 6.45) is 2.05. The van der Waals surface area contributed by atoms with E-state index in [0.717, 1.165) is 27.4 Å². The molecule has 0 amide bonds. The van der Waals surface area contributed by atoms with Crippen molar-refractivity contribution in [3.8, 4) is 0 Å². The van der Waals surface area contributed by atoms with E-state index in [1.54, 1.807) is 0 Å². The fraction of sp³-hybridized carbons (Fsp3) is 0. The lowest BCUT2D eigenvalue weighted by Gasteiger charge is -2.24. The Morgan fingerprint density at radius 3 is 1.48 bits per heavy atom. The average Bonchev–Trinajstić information content (AvgIpc) is 2.81. The second-order valence-corrected chi connectivity index (χ2v) is 9.20. The third-order valence-corrected chi connectivity index (χ3v) is 7.32. The maximum Gasteiger partial charge on any atom is 0.227 e. The Bertz CT molecular complexity index is 1080. The summed E-state index contributed by atoms with van der Waals surface area (Å²) in [5, 5.41) is 5.00. The van der Waals surface area contributed by atoms with Crippen LogP contribution in [0.2, 0.25) is 0 Å². The average molecular weight is 395 g/mol. The molecule has 29 heavy (non-hydrogen) atoms. The van der Waals surface area contributed by atoms with Crippen molar-refractivity contribution in [2.45, 2.75) is 0 Å². The zero-order chi connectivity index (χ0) is 19.9. The highest BCUT2D eigenvalue weighted by atomic mass is 31.2. The summed E-state index contributed by atoms with van der Waals surface area (Å²) in [5.74, 6) is 0. The van der Waals surface area contributed by atoms with Crippen LogP contribution in [0.3, 0.4) is 0 Å². The molecular formula is C26H22NOP. The Balaban J connectivity index is 1.86. The van der Waals surface area contributed by atoms with Crippen molar-refractivity contribution in [3.63, 3.8) is 0 Å². The summed E-state index contributed by atoms with van der Waals surface area (Å²) < 4.78 is 14.4. The van der Waals surface area contributed by atoms with E-state index in [4.69, 9.17) is 0 Å². The predicted octanol–water partition coefficient (Wildman–Crippen LogP) is 5.70. The van der Waals surface area contributed by atoms with Gasteiger partial charge in [0.25, 0.3) is 0 Å². The van der Waals surface area contributed by atoms with Gasteiger partial charge in [0, 0.05) is 16.3 Å². The number of benzene rings is 4. The first-order valence-corrected chi connectivity index (χ1v) is 11.3. The lowest BCUT2D eigenvalue weighted by molar-refractivity contribution is 0.584. The summed E-state index contributed by atoms with van der Waals surface area (Å²) in [7, 11) is -3.10. The van der Waals surface area contributed by atoms with Crippen LogP contribution in [0.5, 0.6) is 0 Å². The van der Waals surface area contributed by atoms with Gasteiger partial charge in [-0.2, -0.15) is 0 Å². The van der Waals surface area contributed by atoms with E-state index < -0.39 is 7.29 Å². The smallest absolute Gasteiger partial charge is 0.227 e. The van der Waals surface area contributed by atoms with Crippen LogP contribution >= 0.6 is 7.29 Å². The van der Waals surface area contributed by atoms with Crippen LogP contribution in [-0.4, -0.2) is 0 Å². The van der Waals surface area contributed by atoms with Crippen molar-refractivity contribution in [1.82, 2.24) is 5.09 Å². The monoisotopic (exact) mass is 395 g/mol. The SMILES string of the molecule is O=P(N/C(=C/c1ccccc1)c1ccccc1)(c1ccccc1)c1ccccc1. The van der Waals surface area contributed by atoms with Crippen molar-refractivity contribution in [3.05, 3.63) is 132 Å². The van der Waals surface area contributed by atoms with Gasteiger partial charge in [-0.15, -0.1) is 0 Å². The van der Waals surface area contributed by atoms with Crippen LogP contribution in [0, 0.1) is 0 Å². The molecule has 0 unspecified atom stereocenters. The number of rotatable bonds is 6. The first kappa shape index (κ1) is 19.0. The topological polar surface area (TPSA) is 29.1 Å². The van der Waals surface area contributed by atoms with Crippen molar-refractivity contribution in [1.29, 1.82) is 0 Å². The largest absolute Gasteiger partial charge is 0.329 e. The fourth-order valence-electron chi connectivity index (χ4n) is 3.24. The summed E-state index contributed by atoms with van der Waals surface area (Å²) in [6.45, 7) is 0. The molecule has 0 saturated carbocycles. The molecule has 0 aliphatic heterocycles. The first-order valence-electron chi connectivity index (χ1n) is 9.57. The third kappa shape index (κ3) is 4.39. The molecule has 4 aromatic rings. The van der Waals surface area contributed by atoms with Crippen molar-refractivity contribution in [2.24, 2.45) is 0 Å². The Kier molecular flexibility index (Phi) is 5.74. The van der Waals surface area contributed by atoms with Crippen molar-refractivity contribution >= 4 is 29.7 Å². The molecule has 0 spiro atoms. The molecule has 0 fully saturated rings. The molecule has 2 nitrogen and oxygen atoms in total. The van der Waals surface area contributed by atoms with Crippen LogP contribution in [0.4, 0.5) is 0 Å². The molecule has 1 N–H and O–H groups in total. The zero-order valence-electron chi connectivity index (χ0n) is 16.0. The number of nitrogens with one attached hydrogen (secondary N) is 1. The van der Waals surface area contributed by atoms with Gasteiger partial charge < -0.3 is 5.09 Å². The third-order valence-electron chi connectivity index (χ3n) is 4.71. The highest BCUT2D eigenvalue weighted by Crippen LogP contribution is 2.41. The van der Waals surface area contributed by atoms with Crippen molar-refractivity contribution < 1.29 is 4.57 Å². The maximum absolute atomic E-state index is 14.4. The standard InChI is InChI=1S/C26H22NOP/c28-29(24-17-9-3-10-18-24,25-19-11-4-12-20-25)27-26(23-15-7-2-8-16-23)21-22-13-5-1-6-14-22/h1-21H,(H,27,28)/b26-21+. The van der Waals surface area contributed by atoms with E-state index in [1.165, 1.54) is 0 Å². The van der Waals surface area contributed by atoms with E-state index in [0.29, 0.717) is 0 Å². The molecule has 0 radical (unpaired) electrons. The molecule has 0 bridgehead atoms. The molecule has 3 heteroatoms. The summed E-state index contributed by atoms with van der Waals surface area (Å²) >= 11 is 0. The summed E-state index contributed by atoms with van der Waals surface area (Å²) in [5.41, 5.74) is 2.86. The molecule has 0 aromatic heterocycles. The minimum Gasteiger partial charge on any atom is -0.329 e. The summed E-state index contributed by atoms with van der Waals surface area (Å²) in [4.78, 5) is 0. The second-order valence-electron chi connectivity index (χ2n) is 6.73. The molecule has 0 atom stereocenters. The molecule has 0 saturated heterocycles. The zero-order valence-corrected chi connectivity index (χ0v) is 16.9. The molecule has 0 aliphatic carbocycles. The van der Waals surface area contributed by atoms with E-state index in [9.17, 15) is 4.57 Å². The van der Waals surface area contributed by atoms with Gasteiger partial charge in [0.05, 0.1) is 0 Å². The van der Waals surface area contributed by atoms with Gasteiger partial charge in [-0.25, -0.2) is 0 Å². The van der Waals surface area contributed by atoms with Crippen LogP contribution in [0.1, 0.15) is 11.1 Å². The van der Waals surface area contributed by atoms with Crippen LogP contribution in [0.25, 0.3) is 11.8 Å². The Morgan fingerprint density at radius 2 is 1.00 bits per heavy atom. The molecule has 0 heterocycles. The Morgan fingerprint density at radius 1 is 0.586 bits per heavy atom. The molecule has 4 rings (SSSR count). The van der Waals surface area contributed by atoms with Gasteiger partial charge in [0.2, 0.25) is 7.29 Å². The van der Waals surface area contributed by atoms with E-state index in [1.807, 2.05) is 127 Å². The van der Waals surface area contributed by atoms with Gasteiger partial charge in [0.15, 0.2) is 0 Å². The highest BCUT2D eigenvalue weighted by Gasteiger charge is 2.28. The molecule has 4 aromatic carbocycles. The lowest BCUT2D eigenvalue weighted by atomic mass is 10.1. The lowest BCUT2D eigenvalue weighted by Crippen LogP contribution is -2.26. The van der Waals surface area contributed by atoms with Gasteiger partial charge in [0.1, 0.15) is 0 Å². The minimum absolute atomic E-state index is 0.779. The number of hydrogen-bond donors (Lipinski definition) is 1.